The number of rotatable bonds is 5. The number of benzene rings is 2. The summed E-state index contributed by atoms with van der Waals surface area (Å²) in [5, 5.41) is 11.0. The molecule has 0 saturated carbocycles. The average Bonchev–Trinajstić information content (AvgIpc) is 3.16. The first-order chi connectivity index (χ1) is 12.1. The zero-order chi connectivity index (χ0) is 17.8. The van der Waals surface area contributed by atoms with Crippen LogP contribution in [0.3, 0.4) is 0 Å². The van der Waals surface area contributed by atoms with E-state index in [1.54, 1.807) is 4.90 Å². The number of carbonyl (C=O) groups excluding carboxylic acids is 1. The Kier molecular flexibility index (Phi) is 4.95. The lowest BCUT2D eigenvalue weighted by atomic mass is 10.1. The van der Waals surface area contributed by atoms with Gasteiger partial charge in [0.25, 0.3) is 5.91 Å². The summed E-state index contributed by atoms with van der Waals surface area (Å²) >= 11 is 0. The van der Waals surface area contributed by atoms with Crippen LogP contribution in [0.25, 0.3) is 0 Å². The molecule has 2 aromatic carbocycles. The molecule has 0 unspecified atom stereocenters. The van der Waals surface area contributed by atoms with Crippen LogP contribution >= 0.6 is 0 Å². The van der Waals surface area contributed by atoms with Gasteiger partial charge in [-0.1, -0.05) is 18.2 Å². The highest BCUT2D eigenvalue weighted by Gasteiger charge is 2.30. The molecule has 1 fully saturated rings. The maximum Gasteiger partial charge on any atom is 0.310 e. The molecule has 0 spiro atoms. The third kappa shape index (κ3) is 3.46. The molecule has 1 heterocycles. The second-order valence-corrected chi connectivity index (χ2v) is 5.67. The molecule has 3 rings (SSSR count). The first-order valence-electron chi connectivity index (χ1n) is 7.90. The number of nitrogens with zero attached hydrogens (tertiary/aromatic N) is 2. The molecule has 1 aliphatic rings. The Morgan fingerprint density at radius 3 is 2.64 bits per heavy atom. The third-order valence-electron chi connectivity index (χ3n) is 4.15. The quantitative estimate of drug-likeness (QED) is 0.616. The maximum atomic E-state index is 13.1. The van der Waals surface area contributed by atoms with Gasteiger partial charge in [0.15, 0.2) is 5.75 Å². The summed E-state index contributed by atoms with van der Waals surface area (Å²) in [6.45, 7) is 1.07. The predicted octanol–water partition coefficient (Wildman–Crippen LogP) is 3.04. The van der Waals surface area contributed by atoms with Gasteiger partial charge >= 0.3 is 5.69 Å². The molecule has 0 N–H and O–H groups in total. The van der Waals surface area contributed by atoms with Crippen LogP contribution in [-0.2, 0) is 4.74 Å². The minimum Gasteiger partial charge on any atom is -0.490 e. The molecule has 25 heavy (non-hydrogen) atoms. The largest absolute Gasteiger partial charge is 0.490 e. The summed E-state index contributed by atoms with van der Waals surface area (Å²) in [6, 6.07) is 13.4. The van der Waals surface area contributed by atoms with Gasteiger partial charge in [0.2, 0.25) is 0 Å². The highest BCUT2D eigenvalue weighted by Crippen LogP contribution is 2.30. The number of hydrogen-bond donors (Lipinski definition) is 0. The van der Waals surface area contributed by atoms with Gasteiger partial charge in [-0.2, -0.15) is 0 Å². The third-order valence-corrected chi connectivity index (χ3v) is 4.15. The Morgan fingerprint density at radius 1 is 1.28 bits per heavy atom. The van der Waals surface area contributed by atoms with Crippen LogP contribution in [0, 0.1) is 10.1 Å². The lowest BCUT2D eigenvalue weighted by Crippen LogP contribution is -2.41. The molecule has 0 radical (unpaired) electrons. The van der Waals surface area contributed by atoms with E-state index in [9.17, 15) is 14.9 Å². The summed E-state index contributed by atoms with van der Waals surface area (Å²) in [5.41, 5.74) is 0.924. The SMILES string of the molecule is COc1cc(C(=O)N(c2ccccc2)[C@H]2CCOC2)ccc1[N+](=O)[O-]. The van der Waals surface area contributed by atoms with Crippen LogP contribution in [-0.4, -0.2) is 37.2 Å². The molecule has 1 atom stereocenters. The predicted molar refractivity (Wildman–Crippen MR) is 92.1 cm³/mol. The van der Waals surface area contributed by atoms with E-state index in [0.29, 0.717) is 18.8 Å². The fourth-order valence-corrected chi connectivity index (χ4v) is 2.91. The number of amides is 1. The van der Waals surface area contributed by atoms with Crippen molar-refractivity contribution in [2.75, 3.05) is 25.2 Å². The second kappa shape index (κ2) is 7.31. The summed E-state index contributed by atoms with van der Waals surface area (Å²) in [6.07, 6.45) is 0.741. The Hall–Kier alpha value is -2.93. The highest BCUT2D eigenvalue weighted by atomic mass is 16.6. The normalized spacial score (nSPS) is 16.4. The van der Waals surface area contributed by atoms with E-state index in [2.05, 4.69) is 0 Å². The lowest BCUT2D eigenvalue weighted by molar-refractivity contribution is -0.385. The van der Waals surface area contributed by atoms with Gasteiger partial charge in [-0.15, -0.1) is 0 Å². The molecular formula is C18H18N2O5. The molecule has 2 aromatic rings. The van der Waals surface area contributed by atoms with Crippen molar-refractivity contribution in [2.45, 2.75) is 12.5 Å². The van der Waals surface area contributed by atoms with Crippen molar-refractivity contribution in [3.05, 3.63) is 64.2 Å². The maximum absolute atomic E-state index is 13.1. The topological polar surface area (TPSA) is 81.9 Å². The first-order valence-corrected chi connectivity index (χ1v) is 7.90. The number of nitro groups is 1. The van der Waals surface area contributed by atoms with Crippen molar-refractivity contribution >= 4 is 17.3 Å². The number of anilines is 1. The first kappa shape index (κ1) is 16.9. The smallest absolute Gasteiger partial charge is 0.310 e. The van der Waals surface area contributed by atoms with Crippen LogP contribution in [0.2, 0.25) is 0 Å². The minimum atomic E-state index is -0.535. The monoisotopic (exact) mass is 342 g/mol. The van der Waals surface area contributed by atoms with Crippen molar-refractivity contribution in [2.24, 2.45) is 0 Å². The average molecular weight is 342 g/mol. The van der Waals surface area contributed by atoms with Gasteiger partial charge in [-0.25, -0.2) is 0 Å². The fourth-order valence-electron chi connectivity index (χ4n) is 2.91. The van der Waals surface area contributed by atoms with Crippen molar-refractivity contribution in [3.63, 3.8) is 0 Å². The molecule has 1 aliphatic heterocycles. The number of ether oxygens (including phenoxy) is 2. The molecule has 0 aliphatic carbocycles. The van der Waals surface area contributed by atoms with E-state index >= 15 is 0 Å². The van der Waals surface area contributed by atoms with E-state index in [4.69, 9.17) is 9.47 Å². The molecule has 0 bridgehead atoms. The summed E-state index contributed by atoms with van der Waals surface area (Å²) in [4.78, 5) is 25.3. The van der Waals surface area contributed by atoms with Crippen molar-refractivity contribution in [1.82, 2.24) is 0 Å². The van der Waals surface area contributed by atoms with E-state index in [0.717, 1.165) is 12.1 Å². The van der Waals surface area contributed by atoms with Crippen molar-refractivity contribution < 1.29 is 19.2 Å². The Morgan fingerprint density at radius 2 is 2.04 bits per heavy atom. The van der Waals surface area contributed by atoms with E-state index in [1.165, 1.54) is 25.3 Å². The number of para-hydroxylation sites is 1. The molecule has 7 nitrogen and oxygen atoms in total. The van der Waals surface area contributed by atoms with Gasteiger partial charge in [-0.3, -0.25) is 14.9 Å². The minimum absolute atomic E-state index is 0.0616. The van der Waals surface area contributed by atoms with Crippen LogP contribution in [0.1, 0.15) is 16.8 Å². The Labute approximate surface area is 144 Å². The van der Waals surface area contributed by atoms with E-state index in [1.807, 2.05) is 30.3 Å². The summed E-state index contributed by atoms with van der Waals surface area (Å²) in [5.74, 6) is -0.179. The molecule has 0 aromatic heterocycles. The fraction of sp³-hybridized carbons (Fsp3) is 0.278. The van der Waals surface area contributed by atoms with E-state index in [-0.39, 0.29) is 23.4 Å². The number of hydrogen-bond acceptors (Lipinski definition) is 5. The zero-order valence-electron chi connectivity index (χ0n) is 13.8. The molecule has 130 valence electrons. The highest BCUT2D eigenvalue weighted by molar-refractivity contribution is 6.07. The van der Waals surface area contributed by atoms with Crippen LogP contribution in [0.15, 0.2) is 48.5 Å². The molecule has 1 saturated heterocycles. The Balaban J connectivity index is 1.99. The summed E-state index contributed by atoms with van der Waals surface area (Å²) in [7, 11) is 1.34. The second-order valence-electron chi connectivity index (χ2n) is 5.67. The van der Waals surface area contributed by atoms with Crippen molar-refractivity contribution in [1.29, 1.82) is 0 Å². The summed E-state index contributed by atoms with van der Waals surface area (Å²) < 4.78 is 10.5. The number of carbonyl (C=O) groups is 1. The zero-order valence-corrected chi connectivity index (χ0v) is 13.8. The van der Waals surface area contributed by atoms with Gasteiger partial charge < -0.3 is 14.4 Å². The van der Waals surface area contributed by atoms with Gasteiger partial charge in [0, 0.05) is 30.0 Å². The van der Waals surface area contributed by atoms with Gasteiger partial charge in [0.05, 0.1) is 24.7 Å². The van der Waals surface area contributed by atoms with Gasteiger partial charge in [0.1, 0.15) is 0 Å². The molecule has 7 heteroatoms. The van der Waals surface area contributed by atoms with Gasteiger partial charge in [-0.05, 0) is 24.6 Å². The molecule has 1 amide bonds. The van der Waals surface area contributed by atoms with Crippen LogP contribution < -0.4 is 9.64 Å². The number of nitro benzene ring substituents is 1. The standard InChI is InChI=1S/C18H18N2O5/c1-24-17-11-13(7-8-16(17)20(22)23)18(21)19(15-9-10-25-12-15)14-5-3-2-4-6-14/h2-8,11,15H,9-10,12H2,1H3/t15-/m0/s1. The Bertz CT molecular complexity index is 772. The van der Waals surface area contributed by atoms with E-state index < -0.39 is 4.92 Å². The molecular weight excluding hydrogens is 324 g/mol. The lowest BCUT2D eigenvalue weighted by Gasteiger charge is -2.28. The van der Waals surface area contributed by atoms with Crippen LogP contribution in [0.5, 0.6) is 5.75 Å². The van der Waals surface area contributed by atoms with Crippen LogP contribution in [0.4, 0.5) is 11.4 Å². The van der Waals surface area contributed by atoms with Crippen molar-refractivity contribution in [3.8, 4) is 5.75 Å². The number of methoxy groups -OCH3 is 1.